The van der Waals surface area contributed by atoms with Crippen LogP contribution in [0, 0.1) is 5.92 Å². The topological polar surface area (TPSA) is 15.3 Å². The summed E-state index contributed by atoms with van der Waals surface area (Å²) in [5, 5.41) is 3.82. The molecule has 6 aromatic rings. The van der Waals surface area contributed by atoms with Crippen LogP contribution in [0.15, 0.2) is 182 Å². The first kappa shape index (κ1) is 33.0. The Bertz CT molecular complexity index is 2690. The number of fused-ring (bicyclic) bond motifs is 5. The summed E-state index contributed by atoms with van der Waals surface area (Å²) in [5.41, 5.74) is 21.1. The molecule has 11 rings (SSSR count). The minimum Gasteiger partial charge on any atom is -0.359 e. The molecule has 6 aromatic carbocycles. The third-order valence-corrected chi connectivity index (χ3v) is 13.1. The quantitative estimate of drug-likeness (QED) is 0.191. The molecule has 1 heterocycles. The van der Waals surface area contributed by atoms with Crippen molar-refractivity contribution in [3.05, 3.63) is 232 Å². The van der Waals surface area contributed by atoms with E-state index in [1.54, 1.807) is 0 Å². The van der Waals surface area contributed by atoms with E-state index in [9.17, 15) is 0 Å². The molecular formula is C54H44N2. The summed E-state index contributed by atoms with van der Waals surface area (Å²) in [6, 6.07) is 54.0. The summed E-state index contributed by atoms with van der Waals surface area (Å²) in [5.74, 6) is 0.132. The van der Waals surface area contributed by atoms with E-state index in [1.165, 1.54) is 83.7 Å². The second-order valence-electron chi connectivity index (χ2n) is 16.0. The SMILES string of the molecule is C[C@]1(C2=CCCc3ccccc32)c2ccccc2C(c2cccc3c2C=CCC3)=C2C=CC(c3ccc(C4Nc5ccccc5N4c4ccccc4)cc3)=CC21. The van der Waals surface area contributed by atoms with Crippen LogP contribution in [0.25, 0.3) is 22.8 Å². The Morgan fingerprint density at radius 3 is 2.25 bits per heavy atom. The van der Waals surface area contributed by atoms with Crippen molar-refractivity contribution in [2.75, 3.05) is 10.2 Å². The third-order valence-electron chi connectivity index (χ3n) is 13.1. The van der Waals surface area contributed by atoms with Gasteiger partial charge in [0, 0.05) is 17.0 Å². The molecule has 1 N–H and O–H groups in total. The van der Waals surface area contributed by atoms with E-state index in [2.05, 4.69) is 199 Å². The summed E-state index contributed by atoms with van der Waals surface area (Å²) >= 11 is 0. The Kier molecular flexibility index (Phi) is 7.74. The number of rotatable bonds is 5. The van der Waals surface area contributed by atoms with Crippen LogP contribution < -0.4 is 10.2 Å². The van der Waals surface area contributed by atoms with E-state index in [4.69, 9.17) is 0 Å². The number of benzene rings is 6. The zero-order valence-corrected chi connectivity index (χ0v) is 31.8. The number of aryl methyl sites for hydroxylation is 2. The van der Waals surface area contributed by atoms with Gasteiger partial charge >= 0.3 is 0 Å². The smallest absolute Gasteiger partial charge is 0.130 e. The second kappa shape index (κ2) is 13.1. The van der Waals surface area contributed by atoms with Crippen molar-refractivity contribution in [2.24, 2.45) is 5.92 Å². The van der Waals surface area contributed by atoms with Crippen molar-refractivity contribution in [1.29, 1.82) is 0 Å². The summed E-state index contributed by atoms with van der Waals surface area (Å²) in [6.45, 7) is 2.53. The maximum absolute atomic E-state index is 3.82. The highest BCUT2D eigenvalue weighted by molar-refractivity contribution is 5.97. The van der Waals surface area contributed by atoms with Crippen LogP contribution in [-0.2, 0) is 18.3 Å². The Morgan fingerprint density at radius 2 is 1.36 bits per heavy atom. The zero-order chi connectivity index (χ0) is 37.2. The van der Waals surface area contributed by atoms with Crippen LogP contribution in [0.5, 0.6) is 0 Å². The minimum atomic E-state index is -0.275. The maximum Gasteiger partial charge on any atom is 0.130 e. The first-order valence-corrected chi connectivity index (χ1v) is 20.3. The molecular weight excluding hydrogens is 677 g/mol. The number of allylic oxidation sites excluding steroid dienone is 8. The van der Waals surface area contributed by atoms with Crippen LogP contribution >= 0.6 is 0 Å². The van der Waals surface area contributed by atoms with E-state index in [0.29, 0.717) is 0 Å². The van der Waals surface area contributed by atoms with Crippen LogP contribution in [0.2, 0.25) is 0 Å². The lowest BCUT2D eigenvalue weighted by Gasteiger charge is -2.48. The molecule has 2 nitrogen and oxygen atoms in total. The molecule has 0 amide bonds. The highest BCUT2D eigenvalue weighted by atomic mass is 15.3. The maximum atomic E-state index is 3.82. The largest absolute Gasteiger partial charge is 0.359 e. The van der Waals surface area contributed by atoms with E-state index in [0.717, 1.165) is 31.4 Å². The third kappa shape index (κ3) is 5.09. The number of nitrogens with zero attached hydrogens (tertiary/aromatic N) is 1. The Morgan fingerprint density at radius 1 is 0.625 bits per heavy atom. The van der Waals surface area contributed by atoms with Crippen molar-refractivity contribution < 1.29 is 0 Å². The van der Waals surface area contributed by atoms with Crippen molar-refractivity contribution in [2.45, 2.75) is 44.2 Å². The van der Waals surface area contributed by atoms with Gasteiger partial charge in [0.15, 0.2) is 0 Å². The van der Waals surface area contributed by atoms with Gasteiger partial charge in [0.25, 0.3) is 0 Å². The van der Waals surface area contributed by atoms with E-state index in [-0.39, 0.29) is 17.5 Å². The molecule has 4 aliphatic carbocycles. The molecule has 270 valence electrons. The average Bonchev–Trinajstić information content (AvgIpc) is 3.66. The summed E-state index contributed by atoms with van der Waals surface area (Å²) in [7, 11) is 0. The molecule has 0 saturated carbocycles. The Hall–Kier alpha value is -6.38. The van der Waals surface area contributed by atoms with Crippen molar-refractivity contribution >= 4 is 39.9 Å². The molecule has 0 spiro atoms. The number of nitrogens with one attached hydrogen (secondary N) is 1. The Labute approximate surface area is 330 Å². The number of hydrogen-bond acceptors (Lipinski definition) is 2. The second-order valence-corrected chi connectivity index (χ2v) is 16.0. The molecule has 3 atom stereocenters. The van der Waals surface area contributed by atoms with Gasteiger partial charge in [-0.2, -0.15) is 0 Å². The first-order chi connectivity index (χ1) is 27.7. The van der Waals surface area contributed by atoms with Gasteiger partial charge < -0.3 is 10.2 Å². The Balaban J connectivity index is 1.06. The summed E-state index contributed by atoms with van der Waals surface area (Å²) < 4.78 is 0. The van der Waals surface area contributed by atoms with Crippen molar-refractivity contribution in [1.82, 2.24) is 0 Å². The van der Waals surface area contributed by atoms with Gasteiger partial charge in [-0.05, 0) is 122 Å². The van der Waals surface area contributed by atoms with Gasteiger partial charge in [0.05, 0.1) is 11.4 Å². The monoisotopic (exact) mass is 720 g/mol. The van der Waals surface area contributed by atoms with Gasteiger partial charge in [0.2, 0.25) is 0 Å². The van der Waals surface area contributed by atoms with Crippen molar-refractivity contribution in [3.8, 4) is 0 Å². The van der Waals surface area contributed by atoms with Gasteiger partial charge in [-0.15, -0.1) is 0 Å². The first-order valence-electron chi connectivity index (χ1n) is 20.3. The van der Waals surface area contributed by atoms with E-state index < -0.39 is 0 Å². The van der Waals surface area contributed by atoms with Crippen LogP contribution in [-0.4, -0.2) is 0 Å². The number of hydrogen-bond donors (Lipinski definition) is 1. The van der Waals surface area contributed by atoms with E-state index in [1.807, 2.05) is 0 Å². The van der Waals surface area contributed by atoms with Crippen LogP contribution in [0.4, 0.5) is 17.1 Å². The summed E-state index contributed by atoms with van der Waals surface area (Å²) in [6.07, 6.45) is 19.1. The fourth-order valence-electron chi connectivity index (χ4n) is 10.4. The lowest BCUT2D eigenvalue weighted by molar-refractivity contribution is 0.495. The number of para-hydroxylation sites is 3. The molecule has 1 aliphatic heterocycles. The average molecular weight is 721 g/mol. The molecule has 0 aromatic heterocycles. The molecule has 0 bridgehead atoms. The predicted molar refractivity (Wildman–Crippen MR) is 235 cm³/mol. The molecule has 2 heteroatoms. The summed E-state index contributed by atoms with van der Waals surface area (Å²) in [4.78, 5) is 2.42. The fraction of sp³-hybridized carbons (Fsp3) is 0.148. The van der Waals surface area contributed by atoms with Gasteiger partial charge in [-0.1, -0.05) is 165 Å². The van der Waals surface area contributed by atoms with Gasteiger partial charge in [-0.25, -0.2) is 0 Å². The number of anilines is 3. The van der Waals surface area contributed by atoms with Crippen LogP contribution in [0.3, 0.4) is 0 Å². The molecule has 5 aliphatic rings. The lowest BCUT2D eigenvalue weighted by Crippen LogP contribution is -2.39. The lowest BCUT2D eigenvalue weighted by atomic mass is 9.55. The zero-order valence-electron chi connectivity index (χ0n) is 31.8. The van der Waals surface area contributed by atoms with Gasteiger partial charge in [-0.3, -0.25) is 0 Å². The highest BCUT2D eigenvalue weighted by Crippen LogP contribution is 2.58. The fourth-order valence-corrected chi connectivity index (χ4v) is 10.4. The molecule has 2 unspecified atom stereocenters. The molecule has 0 fully saturated rings. The standard InChI is InChI=1S/C54H44N2/c1-54(47-26-14-18-38-16-6-8-22-43(38)47)48-25-10-9-23-45(48)52(44-24-13-17-37-15-5-7-21-42(37)44)46-34-33-40(35-49(46)54)36-29-31-39(32-30-36)53-55-50-27-11-12-28-51(50)56(53)41-19-3-2-4-20-41/h2-4,6-13,16-17,19-35,49,53,55H,5,14-15,18H2,1H3/t49?,53?,54-/m0/s1. The normalized spacial score (nSPS) is 21.6. The molecule has 56 heavy (non-hydrogen) atoms. The molecule has 0 radical (unpaired) electrons. The van der Waals surface area contributed by atoms with Gasteiger partial charge in [0.1, 0.15) is 6.17 Å². The van der Waals surface area contributed by atoms with E-state index >= 15 is 0 Å². The van der Waals surface area contributed by atoms with Crippen molar-refractivity contribution in [3.63, 3.8) is 0 Å². The highest BCUT2D eigenvalue weighted by Gasteiger charge is 2.47. The molecule has 0 saturated heterocycles. The van der Waals surface area contributed by atoms with Crippen LogP contribution in [0.1, 0.15) is 76.0 Å². The predicted octanol–water partition coefficient (Wildman–Crippen LogP) is 13.3. The minimum absolute atomic E-state index is 0.000818.